The van der Waals surface area contributed by atoms with Crippen LogP contribution in [0.3, 0.4) is 0 Å². The van der Waals surface area contributed by atoms with Crippen LogP contribution in [0.1, 0.15) is 43.2 Å². The molecule has 0 radical (unpaired) electrons. The van der Waals surface area contributed by atoms with Crippen LogP contribution in [-0.2, 0) is 6.54 Å². The van der Waals surface area contributed by atoms with Gasteiger partial charge in [-0.3, -0.25) is 0 Å². The first-order chi connectivity index (χ1) is 9.33. The summed E-state index contributed by atoms with van der Waals surface area (Å²) in [6.07, 6.45) is 4.17. The van der Waals surface area contributed by atoms with Gasteiger partial charge in [0.1, 0.15) is 0 Å². The quantitative estimate of drug-likeness (QED) is 0.877. The second-order valence-corrected chi connectivity index (χ2v) is 6.36. The third-order valence-corrected chi connectivity index (χ3v) is 4.79. The molecule has 104 valence electrons. The van der Waals surface area contributed by atoms with Gasteiger partial charge in [0, 0.05) is 25.6 Å². The highest BCUT2D eigenvalue weighted by atomic mass is 15.1. The fraction of sp³-hybridized carbons (Fsp3) is 0.647. The van der Waals surface area contributed by atoms with Crippen LogP contribution in [0.15, 0.2) is 24.3 Å². The summed E-state index contributed by atoms with van der Waals surface area (Å²) in [5, 5.41) is 3.58. The third kappa shape index (κ3) is 3.18. The molecule has 19 heavy (non-hydrogen) atoms. The van der Waals surface area contributed by atoms with Crippen molar-refractivity contribution in [3.63, 3.8) is 0 Å². The molecule has 1 aromatic rings. The van der Waals surface area contributed by atoms with Gasteiger partial charge in [0.15, 0.2) is 0 Å². The molecule has 3 rings (SSSR count). The van der Waals surface area contributed by atoms with Gasteiger partial charge >= 0.3 is 0 Å². The zero-order valence-corrected chi connectivity index (χ0v) is 12.1. The summed E-state index contributed by atoms with van der Waals surface area (Å²) in [7, 11) is 0. The monoisotopic (exact) mass is 258 g/mol. The van der Waals surface area contributed by atoms with Crippen LogP contribution in [0.2, 0.25) is 0 Å². The standard InChI is InChI=1S/C17H26N2/c1-14-5-4-9-19(10-8-14)13-16-12-18-11-15-6-2-3-7-17(15)16/h2-3,6-7,14,16,18H,4-5,8-13H2,1H3. The number of fused-ring (bicyclic) bond motifs is 1. The van der Waals surface area contributed by atoms with Crippen molar-refractivity contribution in [2.24, 2.45) is 5.92 Å². The van der Waals surface area contributed by atoms with Crippen molar-refractivity contribution in [2.45, 2.75) is 38.6 Å². The predicted octanol–water partition coefficient (Wildman–Crippen LogP) is 3.00. The first-order valence-corrected chi connectivity index (χ1v) is 7.84. The second kappa shape index (κ2) is 6.06. The Morgan fingerprint density at radius 3 is 3.05 bits per heavy atom. The van der Waals surface area contributed by atoms with Gasteiger partial charge in [-0.1, -0.05) is 31.2 Å². The third-order valence-electron chi connectivity index (χ3n) is 4.79. The minimum Gasteiger partial charge on any atom is -0.312 e. The normalized spacial score (nSPS) is 28.7. The predicted molar refractivity (Wildman–Crippen MR) is 80.3 cm³/mol. The van der Waals surface area contributed by atoms with E-state index in [0.717, 1.165) is 19.0 Å². The summed E-state index contributed by atoms with van der Waals surface area (Å²) in [6, 6.07) is 8.97. The summed E-state index contributed by atoms with van der Waals surface area (Å²) < 4.78 is 0. The molecule has 0 bridgehead atoms. The highest BCUT2D eigenvalue weighted by Gasteiger charge is 2.23. The molecule has 0 saturated carbocycles. The number of hydrogen-bond donors (Lipinski definition) is 1. The van der Waals surface area contributed by atoms with E-state index in [9.17, 15) is 0 Å². The summed E-state index contributed by atoms with van der Waals surface area (Å²) in [5.41, 5.74) is 3.08. The first kappa shape index (κ1) is 13.1. The maximum Gasteiger partial charge on any atom is 0.0208 e. The molecule has 0 aromatic heterocycles. The van der Waals surface area contributed by atoms with E-state index in [1.165, 1.54) is 44.5 Å². The maximum absolute atomic E-state index is 3.58. The summed E-state index contributed by atoms with van der Waals surface area (Å²) in [4.78, 5) is 2.69. The molecule has 2 heterocycles. The number of nitrogens with one attached hydrogen (secondary N) is 1. The molecule has 2 aliphatic heterocycles. The van der Waals surface area contributed by atoms with Crippen LogP contribution in [-0.4, -0.2) is 31.1 Å². The lowest BCUT2D eigenvalue weighted by Crippen LogP contribution is -2.37. The van der Waals surface area contributed by atoms with E-state index in [1.807, 2.05) is 0 Å². The van der Waals surface area contributed by atoms with Crippen LogP contribution in [0, 0.1) is 5.92 Å². The smallest absolute Gasteiger partial charge is 0.0208 e. The minimum absolute atomic E-state index is 0.679. The average Bonchev–Trinajstić information content (AvgIpc) is 2.64. The minimum atomic E-state index is 0.679. The van der Waals surface area contributed by atoms with E-state index >= 15 is 0 Å². The molecule has 1 saturated heterocycles. The number of hydrogen-bond acceptors (Lipinski definition) is 2. The fourth-order valence-electron chi connectivity index (χ4n) is 3.56. The van der Waals surface area contributed by atoms with E-state index in [0.29, 0.717) is 5.92 Å². The number of nitrogens with zero attached hydrogens (tertiary/aromatic N) is 1. The van der Waals surface area contributed by atoms with Gasteiger partial charge in [0.2, 0.25) is 0 Å². The van der Waals surface area contributed by atoms with Gasteiger partial charge in [-0.15, -0.1) is 0 Å². The topological polar surface area (TPSA) is 15.3 Å². The van der Waals surface area contributed by atoms with E-state index in [1.54, 1.807) is 5.56 Å². The van der Waals surface area contributed by atoms with Crippen molar-refractivity contribution in [3.05, 3.63) is 35.4 Å². The van der Waals surface area contributed by atoms with Crippen molar-refractivity contribution in [1.82, 2.24) is 10.2 Å². The molecule has 0 spiro atoms. The van der Waals surface area contributed by atoms with Crippen LogP contribution < -0.4 is 5.32 Å². The Hall–Kier alpha value is -0.860. The molecule has 2 unspecified atom stereocenters. The summed E-state index contributed by atoms with van der Waals surface area (Å²) in [6.45, 7) is 8.41. The SMILES string of the molecule is CC1CCCN(CC2CNCc3ccccc32)CC1. The van der Waals surface area contributed by atoms with Crippen LogP contribution in [0.4, 0.5) is 0 Å². The Bertz CT molecular complexity index is 415. The van der Waals surface area contributed by atoms with E-state index in [-0.39, 0.29) is 0 Å². The highest BCUT2D eigenvalue weighted by molar-refractivity contribution is 5.32. The fourth-order valence-corrected chi connectivity index (χ4v) is 3.56. The van der Waals surface area contributed by atoms with Gasteiger partial charge < -0.3 is 10.2 Å². The Morgan fingerprint density at radius 1 is 1.21 bits per heavy atom. The zero-order valence-electron chi connectivity index (χ0n) is 12.1. The van der Waals surface area contributed by atoms with Gasteiger partial charge in [-0.2, -0.15) is 0 Å². The van der Waals surface area contributed by atoms with Crippen LogP contribution >= 0.6 is 0 Å². The first-order valence-electron chi connectivity index (χ1n) is 7.84. The summed E-state index contributed by atoms with van der Waals surface area (Å²) in [5.74, 6) is 1.60. The number of likely N-dealkylation sites (tertiary alicyclic amines) is 1. The molecule has 2 atom stereocenters. The van der Waals surface area contributed by atoms with Crippen molar-refractivity contribution >= 4 is 0 Å². The largest absolute Gasteiger partial charge is 0.312 e. The number of benzene rings is 1. The Balaban J connectivity index is 1.67. The molecule has 1 aromatic carbocycles. The van der Waals surface area contributed by atoms with Gasteiger partial charge in [-0.05, 0) is 49.4 Å². The van der Waals surface area contributed by atoms with E-state index in [4.69, 9.17) is 0 Å². The van der Waals surface area contributed by atoms with Crippen LogP contribution in [0.5, 0.6) is 0 Å². The molecular formula is C17H26N2. The Morgan fingerprint density at radius 2 is 2.11 bits per heavy atom. The lowest BCUT2D eigenvalue weighted by Gasteiger charge is -2.31. The van der Waals surface area contributed by atoms with Gasteiger partial charge in [-0.25, -0.2) is 0 Å². The maximum atomic E-state index is 3.58. The Kier molecular flexibility index (Phi) is 4.19. The molecular weight excluding hydrogens is 232 g/mol. The van der Waals surface area contributed by atoms with Crippen molar-refractivity contribution in [1.29, 1.82) is 0 Å². The highest BCUT2D eigenvalue weighted by Crippen LogP contribution is 2.26. The molecule has 2 aliphatic rings. The zero-order chi connectivity index (χ0) is 13.1. The van der Waals surface area contributed by atoms with Crippen molar-refractivity contribution in [3.8, 4) is 0 Å². The molecule has 1 fully saturated rings. The second-order valence-electron chi connectivity index (χ2n) is 6.36. The molecule has 2 nitrogen and oxygen atoms in total. The van der Waals surface area contributed by atoms with Crippen molar-refractivity contribution < 1.29 is 0 Å². The molecule has 0 aliphatic carbocycles. The van der Waals surface area contributed by atoms with E-state index < -0.39 is 0 Å². The molecule has 1 N–H and O–H groups in total. The number of rotatable bonds is 2. The lowest BCUT2D eigenvalue weighted by atomic mass is 9.90. The van der Waals surface area contributed by atoms with E-state index in [2.05, 4.69) is 41.4 Å². The van der Waals surface area contributed by atoms with Crippen molar-refractivity contribution in [2.75, 3.05) is 26.2 Å². The molecule has 2 heteroatoms. The lowest BCUT2D eigenvalue weighted by molar-refractivity contribution is 0.257. The Labute approximate surface area is 117 Å². The average molecular weight is 258 g/mol. The van der Waals surface area contributed by atoms with Crippen LogP contribution in [0.25, 0.3) is 0 Å². The molecule has 0 amide bonds. The van der Waals surface area contributed by atoms with Gasteiger partial charge in [0.25, 0.3) is 0 Å². The summed E-state index contributed by atoms with van der Waals surface area (Å²) >= 11 is 0. The van der Waals surface area contributed by atoms with Gasteiger partial charge in [0.05, 0.1) is 0 Å².